The van der Waals surface area contributed by atoms with E-state index in [4.69, 9.17) is 0 Å². The van der Waals surface area contributed by atoms with Gasteiger partial charge in [0.1, 0.15) is 0 Å². The van der Waals surface area contributed by atoms with Gasteiger partial charge in [-0.05, 0) is 91.5 Å². The topological polar surface area (TPSA) is 85.8 Å². The van der Waals surface area contributed by atoms with Crippen LogP contribution in [0.15, 0.2) is 101 Å². The molecule has 0 bridgehead atoms. The van der Waals surface area contributed by atoms with Crippen LogP contribution in [0.2, 0.25) is 0 Å². The maximum atomic E-state index is 13.0. The Morgan fingerprint density at radius 1 is 0.881 bits per heavy atom. The number of nitrogens with one attached hydrogen (secondary N) is 3. The minimum Gasteiger partial charge on any atom is -0.375 e. The van der Waals surface area contributed by atoms with Crippen LogP contribution in [0.25, 0.3) is 0 Å². The van der Waals surface area contributed by atoms with Crippen LogP contribution in [0.3, 0.4) is 0 Å². The monoisotopic (exact) mass is 625 g/mol. The fraction of sp³-hybridized carbons (Fsp3) is 0.206. The molecule has 2 amide bonds. The van der Waals surface area contributed by atoms with E-state index >= 15 is 0 Å². The molecule has 216 valence electrons. The number of rotatable bonds is 12. The zero-order chi connectivity index (χ0) is 29.9. The summed E-state index contributed by atoms with van der Waals surface area (Å²) in [5.41, 5.74) is 9.29. The number of anilines is 2. The van der Waals surface area contributed by atoms with E-state index in [2.05, 4.69) is 61.2 Å². The predicted molar refractivity (Wildman–Crippen MR) is 176 cm³/mol. The molecule has 7 nitrogen and oxygen atoms in total. The lowest BCUT2D eigenvalue weighted by atomic mass is 10.1. The molecule has 0 fully saturated rings. The summed E-state index contributed by atoms with van der Waals surface area (Å²) in [5.74, 6) is -0.725. The molecular weight excluding hydrogens is 590 g/mol. The van der Waals surface area contributed by atoms with Crippen molar-refractivity contribution < 1.29 is 9.59 Å². The van der Waals surface area contributed by atoms with Crippen molar-refractivity contribution in [3.63, 3.8) is 0 Å². The van der Waals surface area contributed by atoms with Gasteiger partial charge in [-0.15, -0.1) is 0 Å². The molecule has 0 saturated heterocycles. The number of hydrazone groups is 1. The SMILES string of the molecule is Cc1ccc(C=NNC(=O)c2cc(Br)ccc2NC(=O)c2ccc(CNCCCN(C)c3ccccc3)cc2)cc1C. The molecule has 3 N–H and O–H groups in total. The highest BCUT2D eigenvalue weighted by molar-refractivity contribution is 9.10. The third kappa shape index (κ3) is 8.86. The number of hydrogen-bond acceptors (Lipinski definition) is 5. The second-order valence-electron chi connectivity index (χ2n) is 10.2. The Labute approximate surface area is 256 Å². The highest BCUT2D eigenvalue weighted by atomic mass is 79.9. The fourth-order valence-corrected chi connectivity index (χ4v) is 4.70. The number of benzene rings is 4. The van der Waals surface area contributed by atoms with Crippen LogP contribution in [0.4, 0.5) is 11.4 Å². The van der Waals surface area contributed by atoms with Gasteiger partial charge in [-0.1, -0.05) is 64.5 Å². The van der Waals surface area contributed by atoms with Gasteiger partial charge < -0.3 is 15.5 Å². The van der Waals surface area contributed by atoms with Gasteiger partial charge >= 0.3 is 0 Å². The molecular formula is C34H36BrN5O2. The van der Waals surface area contributed by atoms with Gasteiger partial charge in [0.05, 0.1) is 17.5 Å². The van der Waals surface area contributed by atoms with Crippen molar-refractivity contribution in [3.8, 4) is 0 Å². The first-order valence-corrected chi connectivity index (χ1v) is 14.7. The van der Waals surface area contributed by atoms with Crippen LogP contribution >= 0.6 is 15.9 Å². The van der Waals surface area contributed by atoms with Crippen molar-refractivity contribution >= 4 is 45.3 Å². The highest BCUT2D eigenvalue weighted by Crippen LogP contribution is 2.22. The quantitative estimate of drug-likeness (QED) is 0.0929. The lowest BCUT2D eigenvalue weighted by Crippen LogP contribution is -2.23. The van der Waals surface area contributed by atoms with Crippen molar-refractivity contribution in [2.24, 2.45) is 5.10 Å². The van der Waals surface area contributed by atoms with Gasteiger partial charge in [-0.3, -0.25) is 9.59 Å². The van der Waals surface area contributed by atoms with Crippen LogP contribution in [-0.4, -0.2) is 38.2 Å². The Kier molecular flexibility index (Phi) is 11.0. The molecule has 0 aliphatic heterocycles. The standard InChI is InChI=1S/C34H36BrN5O2/c1-24-10-11-27(20-25(24)2)23-37-39-34(42)31-21-29(35)16-17-32(31)38-33(41)28-14-12-26(13-15-28)22-36-18-7-19-40(3)30-8-5-4-6-9-30/h4-6,8-17,20-21,23,36H,7,18-19,22H2,1-3H3,(H,38,41)(H,39,42). The number of nitrogens with zero attached hydrogens (tertiary/aromatic N) is 2. The summed E-state index contributed by atoms with van der Waals surface area (Å²) in [6, 6.07) is 28.9. The molecule has 4 rings (SSSR count). The van der Waals surface area contributed by atoms with Crippen molar-refractivity contribution in [1.29, 1.82) is 0 Å². The Hall–Kier alpha value is -4.27. The van der Waals surface area contributed by atoms with E-state index < -0.39 is 5.91 Å². The molecule has 4 aromatic carbocycles. The first-order valence-electron chi connectivity index (χ1n) is 13.9. The van der Waals surface area contributed by atoms with E-state index in [1.165, 1.54) is 11.3 Å². The van der Waals surface area contributed by atoms with Crippen LogP contribution in [-0.2, 0) is 6.54 Å². The molecule has 0 radical (unpaired) electrons. The molecule has 0 saturated carbocycles. The van der Waals surface area contributed by atoms with Crippen LogP contribution < -0.4 is 21.0 Å². The summed E-state index contributed by atoms with van der Waals surface area (Å²) in [6.45, 7) is 6.65. The summed E-state index contributed by atoms with van der Waals surface area (Å²) in [7, 11) is 2.10. The molecule has 4 aromatic rings. The number of aryl methyl sites for hydroxylation is 2. The largest absolute Gasteiger partial charge is 0.375 e. The number of amides is 2. The Balaban J connectivity index is 1.28. The van der Waals surface area contributed by atoms with Gasteiger partial charge in [-0.25, -0.2) is 5.43 Å². The van der Waals surface area contributed by atoms with E-state index in [1.807, 2.05) is 62.4 Å². The average molecular weight is 627 g/mol. The van der Waals surface area contributed by atoms with Crippen LogP contribution in [0.5, 0.6) is 0 Å². The fourth-order valence-electron chi connectivity index (χ4n) is 4.34. The molecule has 42 heavy (non-hydrogen) atoms. The minimum absolute atomic E-state index is 0.298. The van der Waals surface area contributed by atoms with E-state index in [0.717, 1.165) is 42.7 Å². The van der Waals surface area contributed by atoms with E-state index in [-0.39, 0.29) is 5.91 Å². The van der Waals surface area contributed by atoms with Crippen molar-refractivity contribution in [2.75, 3.05) is 30.4 Å². The number of hydrogen-bond donors (Lipinski definition) is 3. The molecule has 0 atom stereocenters. The summed E-state index contributed by atoms with van der Waals surface area (Å²) in [4.78, 5) is 28.2. The van der Waals surface area contributed by atoms with Gasteiger partial charge in [0, 0.05) is 35.9 Å². The first-order chi connectivity index (χ1) is 20.3. The summed E-state index contributed by atoms with van der Waals surface area (Å²) >= 11 is 3.41. The van der Waals surface area contributed by atoms with Crippen molar-refractivity contribution in [3.05, 3.63) is 129 Å². The van der Waals surface area contributed by atoms with Gasteiger partial charge in [0.15, 0.2) is 0 Å². The molecule has 0 spiro atoms. The summed E-state index contributed by atoms with van der Waals surface area (Å²) < 4.78 is 0.715. The zero-order valence-electron chi connectivity index (χ0n) is 24.2. The molecule has 0 aliphatic rings. The Morgan fingerprint density at radius 2 is 1.64 bits per heavy atom. The molecule has 0 unspecified atom stereocenters. The second kappa shape index (κ2) is 15.1. The second-order valence-corrected chi connectivity index (χ2v) is 11.1. The minimum atomic E-state index is -0.428. The molecule has 0 aliphatic carbocycles. The van der Waals surface area contributed by atoms with Crippen LogP contribution in [0, 0.1) is 13.8 Å². The maximum absolute atomic E-state index is 13.0. The Morgan fingerprint density at radius 3 is 2.38 bits per heavy atom. The molecule has 8 heteroatoms. The number of halogens is 1. The van der Waals surface area contributed by atoms with Crippen molar-refractivity contribution in [2.45, 2.75) is 26.8 Å². The van der Waals surface area contributed by atoms with E-state index in [1.54, 1.807) is 36.5 Å². The number of carbonyl (C=O) groups is 2. The molecule has 0 heterocycles. The average Bonchev–Trinajstić information content (AvgIpc) is 3.00. The van der Waals surface area contributed by atoms with Gasteiger partial charge in [0.25, 0.3) is 11.8 Å². The van der Waals surface area contributed by atoms with Crippen LogP contribution in [0.1, 0.15) is 49.4 Å². The number of para-hydroxylation sites is 1. The van der Waals surface area contributed by atoms with Gasteiger partial charge in [0.2, 0.25) is 0 Å². The third-order valence-electron chi connectivity index (χ3n) is 6.97. The predicted octanol–water partition coefficient (Wildman–Crippen LogP) is 6.70. The lowest BCUT2D eigenvalue weighted by Gasteiger charge is -2.19. The highest BCUT2D eigenvalue weighted by Gasteiger charge is 2.15. The van der Waals surface area contributed by atoms with E-state index in [9.17, 15) is 9.59 Å². The zero-order valence-corrected chi connectivity index (χ0v) is 25.7. The van der Waals surface area contributed by atoms with Crippen molar-refractivity contribution in [1.82, 2.24) is 10.7 Å². The van der Waals surface area contributed by atoms with E-state index in [0.29, 0.717) is 21.3 Å². The lowest BCUT2D eigenvalue weighted by molar-refractivity contribution is 0.0956. The Bertz CT molecular complexity index is 1540. The summed E-state index contributed by atoms with van der Waals surface area (Å²) in [5, 5.41) is 10.4. The maximum Gasteiger partial charge on any atom is 0.273 e. The number of carbonyl (C=O) groups excluding carboxylic acids is 2. The summed E-state index contributed by atoms with van der Waals surface area (Å²) in [6.07, 6.45) is 2.62. The normalized spacial score (nSPS) is 11.0. The third-order valence-corrected chi connectivity index (χ3v) is 7.47. The smallest absolute Gasteiger partial charge is 0.273 e. The van der Waals surface area contributed by atoms with Gasteiger partial charge in [-0.2, -0.15) is 5.10 Å². The first kappa shape index (κ1) is 30.7. The molecule has 0 aromatic heterocycles.